The number of rotatable bonds is 5. The molecule has 0 spiro atoms. The maximum atomic E-state index is 13.0. The van der Waals surface area contributed by atoms with Crippen molar-refractivity contribution in [1.82, 2.24) is 0 Å². The predicted octanol–water partition coefficient (Wildman–Crippen LogP) is 5.18. The Hall–Kier alpha value is -0.830. The summed E-state index contributed by atoms with van der Waals surface area (Å²) in [5, 5.41) is -5.24. The minimum atomic E-state index is -9.84. The van der Waals surface area contributed by atoms with Gasteiger partial charge in [-0.25, -0.2) is 0 Å². The molecule has 9 heteroatoms. The summed E-state index contributed by atoms with van der Waals surface area (Å²) in [6, 6.07) is 7.02. The standard InChI is InChI=1S/C11H12BrF5O2S/c1-8(18)19-11(12)10(20(13,14,15,16)17)7-9-5-3-2-4-6-9/h2-6,10-11H,7H2,1H3. The molecular weight excluding hydrogens is 371 g/mol. The second-order valence-corrected chi connectivity index (χ2v) is 7.78. The van der Waals surface area contributed by atoms with Crippen molar-refractivity contribution in [3.05, 3.63) is 35.9 Å². The minimum absolute atomic E-state index is 0.0716. The van der Waals surface area contributed by atoms with Gasteiger partial charge in [-0.15, -0.1) is 0 Å². The highest BCUT2D eigenvalue weighted by molar-refractivity contribution is 9.09. The van der Waals surface area contributed by atoms with E-state index in [4.69, 9.17) is 0 Å². The van der Waals surface area contributed by atoms with Gasteiger partial charge in [0.2, 0.25) is 0 Å². The van der Waals surface area contributed by atoms with Crippen LogP contribution in [0, 0.1) is 0 Å². The number of hydrogen-bond acceptors (Lipinski definition) is 2. The van der Waals surface area contributed by atoms with Gasteiger partial charge >= 0.3 is 5.97 Å². The smallest absolute Gasteiger partial charge is 0.303 e. The average Bonchev–Trinajstić information content (AvgIpc) is 2.22. The van der Waals surface area contributed by atoms with Crippen molar-refractivity contribution in [3.8, 4) is 0 Å². The van der Waals surface area contributed by atoms with E-state index in [0.717, 1.165) is 6.92 Å². The van der Waals surface area contributed by atoms with Crippen molar-refractivity contribution < 1.29 is 29.0 Å². The number of carbonyl (C=O) groups excluding carboxylic acids is 1. The zero-order valence-electron chi connectivity index (χ0n) is 10.2. The Kier molecular flexibility index (Phi) is 4.19. The topological polar surface area (TPSA) is 26.3 Å². The highest BCUT2D eigenvalue weighted by Crippen LogP contribution is 3.01. The van der Waals surface area contributed by atoms with E-state index in [-0.39, 0.29) is 5.56 Å². The molecule has 116 valence electrons. The van der Waals surface area contributed by atoms with E-state index >= 15 is 0 Å². The number of esters is 1. The summed E-state index contributed by atoms with van der Waals surface area (Å²) in [4.78, 5) is 10.7. The third kappa shape index (κ3) is 5.28. The second-order valence-electron chi connectivity index (χ2n) is 4.22. The van der Waals surface area contributed by atoms with Gasteiger partial charge in [0.1, 0.15) is 5.25 Å². The number of hydrogen-bond donors (Lipinski definition) is 0. The van der Waals surface area contributed by atoms with E-state index in [0.29, 0.717) is 0 Å². The Balaban J connectivity index is 3.13. The molecule has 0 aliphatic rings. The van der Waals surface area contributed by atoms with Crippen LogP contribution < -0.4 is 0 Å². The zero-order valence-corrected chi connectivity index (χ0v) is 12.6. The Bertz CT molecular complexity index is 490. The SMILES string of the molecule is CC(=O)OC(Br)C(Cc1ccccc1)S(F)(F)(F)(F)F. The molecule has 1 rings (SSSR count). The van der Waals surface area contributed by atoms with Crippen molar-refractivity contribution in [3.63, 3.8) is 0 Å². The second kappa shape index (κ2) is 4.87. The Labute approximate surface area is 121 Å². The summed E-state index contributed by atoms with van der Waals surface area (Å²) in [5.41, 5.74) is 0.0716. The summed E-state index contributed by atoms with van der Waals surface area (Å²) in [7, 11) is -9.84. The molecule has 0 aliphatic carbocycles. The molecule has 2 unspecified atom stereocenters. The largest absolute Gasteiger partial charge is 0.449 e. The highest BCUT2D eigenvalue weighted by atomic mass is 79.9. The van der Waals surface area contributed by atoms with Crippen molar-refractivity contribution in [2.45, 2.75) is 23.6 Å². The average molecular weight is 383 g/mol. The van der Waals surface area contributed by atoms with Crippen molar-refractivity contribution >= 4 is 32.1 Å². The zero-order chi connectivity index (χ0) is 15.7. The van der Waals surface area contributed by atoms with Gasteiger partial charge < -0.3 is 4.74 Å². The van der Waals surface area contributed by atoms with Crippen LogP contribution >= 0.6 is 26.2 Å². The van der Waals surface area contributed by atoms with E-state index in [1.165, 1.54) is 24.3 Å². The van der Waals surface area contributed by atoms with Crippen LogP contribution in [0.5, 0.6) is 0 Å². The molecule has 0 amide bonds. The first-order valence-corrected chi connectivity index (χ1v) is 8.31. The molecule has 1 aromatic rings. The fourth-order valence-corrected chi connectivity index (χ4v) is 4.17. The minimum Gasteiger partial charge on any atom is -0.449 e. The van der Waals surface area contributed by atoms with Gasteiger partial charge in [-0.1, -0.05) is 49.8 Å². The fraction of sp³-hybridized carbons (Fsp3) is 0.364. The molecule has 20 heavy (non-hydrogen) atoms. The van der Waals surface area contributed by atoms with E-state index in [1.807, 2.05) is 0 Å². The van der Waals surface area contributed by atoms with Gasteiger partial charge in [0.25, 0.3) is 10.2 Å². The number of benzene rings is 1. The maximum Gasteiger partial charge on any atom is 0.303 e. The molecule has 0 radical (unpaired) electrons. The molecule has 0 bridgehead atoms. The predicted molar refractivity (Wildman–Crippen MR) is 71.5 cm³/mol. The van der Waals surface area contributed by atoms with Crippen LogP contribution in [-0.2, 0) is 16.0 Å². The van der Waals surface area contributed by atoms with Crippen LogP contribution in [0.25, 0.3) is 0 Å². The molecule has 0 N–H and O–H groups in total. The van der Waals surface area contributed by atoms with Gasteiger partial charge in [0.15, 0.2) is 5.01 Å². The molecule has 2 nitrogen and oxygen atoms in total. The van der Waals surface area contributed by atoms with E-state index in [1.54, 1.807) is 6.07 Å². The lowest BCUT2D eigenvalue weighted by atomic mass is 10.1. The molecule has 0 saturated carbocycles. The van der Waals surface area contributed by atoms with Gasteiger partial charge in [-0.3, -0.25) is 4.79 Å². The van der Waals surface area contributed by atoms with Crippen LogP contribution in [0.15, 0.2) is 30.3 Å². The molecule has 0 heterocycles. The lowest BCUT2D eigenvalue weighted by Gasteiger charge is -2.48. The number of ether oxygens (including phenoxy) is 1. The molecule has 2 atom stereocenters. The van der Waals surface area contributed by atoms with Gasteiger partial charge in [0, 0.05) is 6.92 Å². The quantitative estimate of drug-likeness (QED) is 0.398. The Morgan fingerprint density at radius 2 is 1.70 bits per heavy atom. The first-order chi connectivity index (χ1) is 8.79. The summed E-state index contributed by atoms with van der Waals surface area (Å²) in [6.07, 6.45) is -0.984. The summed E-state index contributed by atoms with van der Waals surface area (Å²) in [6.45, 7) is 0.846. The molecule has 1 aromatic carbocycles. The lowest BCUT2D eigenvalue weighted by molar-refractivity contribution is -0.142. The van der Waals surface area contributed by atoms with Gasteiger partial charge in [-0.2, -0.15) is 0 Å². The third-order valence-electron chi connectivity index (χ3n) is 2.42. The molecule has 0 aliphatic heterocycles. The van der Waals surface area contributed by atoms with E-state index in [9.17, 15) is 24.2 Å². The van der Waals surface area contributed by atoms with Crippen LogP contribution in [0.2, 0.25) is 0 Å². The van der Waals surface area contributed by atoms with Crippen LogP contribution in [-0.4, -0.2) is 16.2 Å². The third-order valence-corrected chi connectivity index (χ3v) is 5.16. The maximum absolute atomic E-state index is 13.0. The fourth-order valence-electron chi connectivity index (χ4n) is 1.53. The summed E-state index contributed by atoms with van der Waals surface area (Å²) >= 11 is 2.40. The van der Waals surface area contributed by atoms with Crippen molar-refractivity contribution in [2.75, 3.05) is 0 Å². The Morgan fingerprint density at radius 1 is 1.20 bits per heavy atom. The van der Waals surface area contributed by atoms with Crippen LogP contribution in [0.3, 0.4) is 0 Å². The van der Waals surface area contributed by atoms with Gasteiger partial charge in [-0.05, 0) is 27.9 Å². The van der Waals surface area contributed by atoms with Crippen molar-refractivity contribution in [2.24, 2.45) is 0 Å². The van der Waals surface area contributed by atoms with Gasteiger partial charge in [0.05, 0.1) is 0 Å². The molecule has 0 saturated heterocycles. The first kappa shape index (κ1) is 17.2. The number of alkyl halides is 1. The van der Waals surface area contributed by atoms with Crippen molar-refractivity contribution in [1.29, 1.82) is 0 Å². The first-order valence-electron chi connectivity index (χ1n) is 5.38. The van der Waals surface area contributed by atoms with E-state index in [2.05, 4.69) is 20.7 Å². The van der Waals surface area contributed by atoms with Crippen LogP contribution in [0.1, 0.15) is 12.5 Å². The number of halogens is 6. The summed E-state index contributed by atoms with van der Waals surface area (Å²) in [5.74, 6) is -1.08. The summed E-state index contributed by atoms with van der Waals surface area (Å²) < 4.78 is 69.5. The lowest BCUT2D eigenvalue weighted by Crippen LogP contribution is -2.37. The monoisotopic (exact) mass is 382 g/mol. The normalized spacial score (nSPS) is 18.6. The molecule has 0 aromatic heterocycles. The number of carbonyl (C=O) groups is 1. The van der Waals surface area contributed by atoms with Crippen LogP contribution in [0.4, 0.5) is 19.4 Å². The molecular formula is C11H12BrF5O2S. The highest BCUT2D eigenvalue weighted by Gasteiger charge is 2.72. The molecule has 0 fully saturated rings. The Morgan fingerprint density at radius 3 is 2.10 bits per heavy atom. The van der Waals surface area contributed by atoms with E-state index < -0.39 is 32.9 Å².